The van der Waals surface area contributed by atoms with E-state index < -0.39 is 0 Å². The van der Waals surface area contributed by atoms with Crippen molar-refractivity contribution < 1.29 is 14.3 Å². The second-order valence-electron chi connectivity index (χ2n) is 6.12. The third-order valence-corrected chi connectivity index (χ3v) is 5.08. The summed E-state index contributed by atoms with van der Waals surface area (Å²) in [6, 6.07) is 10.3. The Bertz CT molecular complexity index is 794. The Labute approximate surface area is 172 Å². The number of benzene rings is 2. The Balaban J connectivity index is 1.47. The van der Waals surface area contributed by atoms with Gasteiger partial charge in [-0.2, -0.15) is 0 Å². The van der Waals surface area contributed by atoms with Gasteiger partial charge in [-0.15, -0.1) is 0 Å². The van der Waals surface area contributed by atoms with Gasteiger partial charge in [-0.3, -0.25) is 4.79 Å². The van der Waals surface area contributed by atoms with E-state index >= 15 is 0 Å². The van der Waals surface area contributed by atoms with Crippen molar-refractivity contribution in [3.8, 4) is 5.75 Å². The monoisotopic (exact) mass is 428 g/mol. The lowest BCUT2D eigenvalue weighted by atomic mass is 10.2. The first kappa shape index (κ1) is 20.1. The Kier molecular flexibility index (Phi) is 7.07. The van der Waals surface area contributed by atoms with Crippen molar-refractivity contribution in [1.82, 2.24) is 0 Å². The van der Waals surface area contributed by atoms with Crippen LogP contribution in [-0.2, 0) is 9.53 Å². The fraction of sp³-hybridized carbons (Fsp3) is 0.316. The molecule has 0 bridgehead atoms. The maximum Gasteiger partial charge on any atom is 0.243 e. The van der Waals surface area contributed by atoms with Crippen LogP contribution in [0.1, 0.15) is 12.8 Å². The van der Waals surface area contributed by atoms with Crippen LogP contribution in [0.2, 0.25) is 15.1 Å². The normalized spacial score (nSPS) is 16.2. The lowest BCUT2D eigenvalue weighted by molar-refractivity contribution is -0.114. The smallest absolute Gasteiger partial charge is 0.243 e. The zero-order chi connectivity index (χ0) is 19.2. The quantitative estimate of drug-likeness (QED) is 0.590. The van der Waals surface area contributed by atoms with E-state index in [1.54, 1.807) is 18.2 Å². The highest BCUT2D eigenvalue weighted by molar-refractivity contribution is 6.44. The van der Waals surface area contributed by atoms with Gasteiger partial charge in [0.1, 0.15) is 12.4 Å². The van der Waals surface area contributed by atoms with Gasteiger partial charge in [-0.25, -0.2) is 0 Å². The molecule has 1 unspecified atom stereocenters. The highest BCUT2D eigenvalue weighted by Crippen LogP contribution is 2.32. The van der Waals surface area contributed by atoms with Crippen LogP contribution in [0.25, 0.3) is 0 Å². The first-order valence-electron chi connectivity index (χ1n) is 8.54. The number of carbonyl (C=O) groups excluding carboxylic acids is 1. The Morgan fingerprint density at radius 1 is 1.11 bits per heavy atom. The molecule has 0 saturated carbocycles. The SMILES string of the molecule is O=C(CNc1cc(Cl)c(Cl)cc1Cl)Nc1ccc(OCC2CCCO2)cc1. The zero-order valence-electron chi connectivity index (χ0n) is 14.4. The van der Waals surface area contributed by atoms with E-state index in [0.29, 0.717) is 33.0 Å². The van der Waals surface area contributed by atoms with Crippen LogP contribution in [0.4, 0.5) is 11.4 Å². The van der Waals surface area contributed by atoms with Crippen LogP contribution in [0.15, 0.2) is 36.4 Å². The summed E-state index contributed by atoms with van der Waals surface area (Å²) in [7, 11) is 0. The molecule has 5 nitrogen and oxygen atoms in total. The molecule has 0 aliphatic carbocycles. The molecule has 1 heterocycles. The molecule has 1 atom stereocenters. The van der Waals surface area contributed by atoms with Gasteiger partial charge in [0, 0.05) is 12.3 Å². The third-order valence-electron chi connectivity index (χ3n) is 4.05. The summed E-state index contributed by atoms with van der Waals surface area (Å²) < 4.78 is 11.2. The van der Waals surface area contributed by atoms with E-state index in [-0.39, 0.29) is 18.6 Å². The minimum Gasteiger partial charge on any atom is -0.491 e. The molecular weight excluding hydrogens is 411 g/mol. The highest BCUT2D eigenvalue weighted by Gasteiger charge is 2.16. The van der Waals surface area contributed by atoms with Crippen molar-refractivity contribution in [3.05, 3.63) is 51.5 Å². The van der Waals surface area contributed by atoms with E-state index in [9.17, 15) is 4.79 Å². The molecule has 8 heteroatoms. The first-order chi connectivity index (χ1) is 13.0. The summed E-state index contributed by atoms with van der Waals surface area (Å²) in [4.78, 5) is 12.1. The van der Waals surface area contributed by atoms with Gasteiger partial charge in [0.15, 0.2) is 0 Å². The average molecular weight is 430 g/mol. The zero-order valence-corrected chi connectivity index (χ0v) is 16.7. The summed E-state index contributed by atoms with van der Waals surface area (Å²) in [5, 5.41) is 6.85. The molecule has 1 aliphatic heterocycles. The molecule has 144 valence electrons. The van der Waals surface area contributed by atoms with Gasteiger partial charge in [0.05, 0.1) is 33.4 Å². The van der Waals surface area contributed by atoms with Crippen molar-refractivity contribution in [3.63, 3.8) is 0 Å². The Morgan fingerprint density at radius 3 is 2.56 bits per heavy atom. The number of anilines is 2. The van der Waals surface area contributed by atoms with Gasteiger partial charge >= 0.3 is 0 Å². The molecular formula is C19H19Cl3N2O3. The van der Waals surface area contributed by atoms with Crippen LogP contribution in [0.5, 0.6) is 5.75 Å². The number of hydrogen-bond donors (Lipinski definition) is 2. The molecule has 1 aliphatic rings. The van der Waals surface area contributed by atoms with E-state index in [4.69, 9.17) is 44.3 Å². The molecule has 0 aromatic heterocycles. The predicted molar refractivity (Wildman–Crippen MR) is 110 cm³/mol. The van der Waals surface area contributed by atoms with E-state index in [2.05, 4.69) is 10.6 Å². The standard InChI is InChI=1S/C19H19Cl3N2O3/c20-15-8-17(22)18(9-16(15)21)23-10-19(25)24-12-3-5-13(6-4-12)27-11-14-2-1-7-26-14/h3-6,8-9,14,23H,1-2,7,10-11H2,(H,24,25). The number of hydrogen-bond acceptors (Lipinski definition) is 4. The second kappa shape index (κ2) is 9.51. The number of halogens is 3. The maximum absolute atomic E-state index is 12.1. The Morgan fingerprint density at radius 2 is 1.85 bits per heavy atom. The molecule has 1 saturated heterocycles. The fourth-order valence-electron chi connectivity index (χ4n) is 2.64. The van der Waals surface area contributed by atoms with Gasteiger partial charge in [0.2, 0.25) is 5.91 Å². The van der Waals surface area contributed by atoms with Crippen LogP contribution in [0, 0.1) is 0 Å². The topological polar surface area (TPSA) is 59.6 Å². The maximum atomic E-state index is 12.1. The summed E-state index contributed by atoms with van der Waals surface area (Å²) in [5.41, 5.74) is 1.21. The molecule has 2 aromatic rings. The summed E-state index contributed by atoms with van der Waals surface area (Å²) in [6.07, 6.45) is 2.29. The fourth-order valence-corrected chi connectivity index (χ4v) is 3.25. The third kappa shape index (κ3) is 5.91. The summed E-state index contributed by atoms with van der Waals surface area (Å²) in [6.45, 7) is 1.38. The van der Waals surface area contributed by atoms with Crippen LogP contribution < -0.4 is 15.4 Å². The van der Waals surface area contributed by atoms with Crippen molar-refractivity contribution in [2.45, 2.75) is 18.9 Å². The van der Waals surface area contributed by atoms with E-state index in [1.807, 2.05) is 12.1 Å². The number of ether oxygens (including phenoxy) is 2. The van der Waals surface area contributed by atoms with Crippen molar-refractivity contribution in [2.24, 2.45) is 0 Å². The summed E-state index contributed by atoms with van der Waals surface area (Å²) >= 11 is 17.9. The van der Waals surface area contributed by atoms with E-state index in [1.165, 1.54) is 6.07 Å². The first-order valence-corrected chi connectivity index (χ1v) is 9.67. The minimum atomic E-state index is -0.217. The van der Waals surface area contributed by atoms with Crippen LogP contribution in [-0.4, -0.2) is 31.8 Å². The van der Waals surface area contributed by atoms with Gasteiger partial charge < -0.3 is 20.1 Å². The Hall–Kier alpha value is -1.66. The van der Waals surface area contributed by atoms with Gasteiger partial charge in [-0.1, -0.05) is 34.8 Å². The lowest BCUT2D eigenvalue weighted by Gasteiger charge is -2.12. The number of rotatable bonds is 7. The summed E-state index contributed by atoms with van der Waals surface area (Å²) in [5.74, 6) is 0.523. The van der Waals surface area contributed by atoms with Crippen LogP contribution >= 0.6 is 34.8 Å². The molecule has 0 spiro atoms. The minimum absolute atomic E-state index is 0.0367. The largest absolute Gasteiger partial charge is 0.491 e. The van der Waals surface area contributed by atoms with Gasteiger partial charge in [-0.05, 0) is 49.2 Å². The number of carbonyl (C=O) groups is 1. The van der Waals surface area contributed by atoms with Crippen molar-refractivity contribution in [1.29, 1.82) is 0 Å². The highest BCUT2D eigenvalue weighted by atomic mass is 35.5. The molecule has 27 heavy (non-hydrogen) atoms. The lowest BCUT2D eigenvalue weighted by Crippen LogP contribution is -2.21. The number of nitrogens with one attached hydrogen (secondary N) is 2. The molecule has 1 fully saturated rings. The number of amides is 1. The predicted octanol–water partition coefficient (Wildman–Crippen LogP) is 5.26. The van der Waals surface area contributed by atoms with Gasteiger partial charge in [0.25, 0.3) is 0 Å². The molecule has 1 amide bonds. The van der Waals surface area contributed by atoms with Crippen molar-refractivity contribution >= 4 is 52.1 Å². The van der Waals surface area contributed by atoms with E-state index in [0.717, 1.165) is 25.2 Å². The van der Waals surface area contributed by atoms with Crippen LogP contribution in [0.3, 0.4) is 0 Å². The molecule has 0 radical (unpaired) electrons. The molecule has 2 aromatic carbocycles. The average Bonchev–Trinajstić information content (AvgIpc) is 3.17. The molecule has 2 N–H and O–H groups in total. The van der Waals surface area contributed by atoms with Crippen molar-refractivity contribution in [2.75, 3.05) is 30.4 Å². The second-order valence-corrected chi connectivity index (χ2v) is 7.34. The molecule has 3 rings (SSSR count).